The zero-order valence-corrected chi connectivity index (χ0v) is 14.5. The highest BCUT2D eigenvalue weighted by Crippen LogP contribution is 2.40. The second-order valence-electron chi connectivity index (χ2n) is 7.63. The number of rotatable bonds is 4. The van der Waals surface area contributed by atoms with Crippen LogP contribution >= 0.6 is 0 Å². The number of carbonyl (C=O) groups excluding carboxylic acids is 1. The average molecular weight is 352 g/mol. The Morgan fingerprint density at radius 2 is 1.85 bits per heavy atom. The molecule has 1 aliphatic carbocycles. The van der Waals surface area contributed by atoms with E-state index < -0.39 is 0 Å². The number of hydrogen-bond acceptors (Lipinski definition) is 4. The Bertz CT molecular complexity index is 824. The van der Waals surface area contributed by atoms with Crippen molar-refractivity contribution in [2.24, 2.45) is 0 Å². The Hall–Kier alpha value is -2.50. The van der Waals surface area contributed by atoms with Crippen LogP contribution in [0.5, 0.6) is 0 Å². The molecular formula is C20H21FN4O. The van der Waals surface area contributed by atoms with E-state index in [1.54, 1.807) is 18.5 Å². The smallest absolute Gasteiger partial charge is 0.227 e. The van der Waals surface area contributed by atoms with Crippen molar-refractivity contribution in [2.75, 3.05) is 18.0 Å². The summed E-state index contributed by atoms with van der Waals surface area (Å²) in [5.74, 6) is 1.47. The fourth-order valence-electron chi connectivity index (χ4n) is 4.21. The van der Waals surface area contributed by atoms with E-state index in [1.807, 2.05) is 4.90 Å². The van der Waals surface area contributed by atoms with Crippen LogP contribution in [0.15, 0.2) is 36.7 Å². The van der Waals surface area contributed by atoms with Crippen molar-refractivity contribution in [2.45, 2.75) is 43.7 Å². The number of fused-ring (bicyclic) bond motifs is 2. The summed E-state index contributed by atoms with van der Waals surface area (Å²) < 4.78 is 13.0. The number of carbonyl (C=O) groups is 1. The third-order valence-electron chi connectivity index (χ3n) is 5.74. The van der Waals surface area contributed by atoms with Gasteiger partial charge in [0.2, 0.25) is 5.91 Å². The van der Waals surface area contributed by atoms with Crippen molar-refractivity contribution in [1.29, 1.82) is 0 Å². The number of piperidine rings is 1. The normalized spacial score (nSPS) is 24.3. The maximum absolute atomic E-state index is 13.0. The van der Waals surface area contributed by atoms with E-state index >= 15 is 0 Å². The predicted octanol–water partition coefficient (Wildman–Crippen LogP) is 2.53. The van der Waals surface area contributed by atoms with Crippen molar-refractivity contribution in [3.63, 3.8) is 0 Å². The molecule has 0 spiro atoms. The van der Waals surface area contributed by atoms with Gasteiger partial charge in [0.15, 0.2) is 0 Å². The second-order valence-corrected chi connectivity index (χ2v) is 7.63. The summed E-state index contributed by atoms with van der Waals surface area (Å²) >= 11 is 0. The van der Waals surface area contributed by atoms with E-state index in [0.717, 1.165) is 36.6 Å². The highest BCUT2D eigenvalue weighted by Gasteiger charge is 2.47. The van der Waals surface area contributed by atoms with E-state index in [4.69, 9.17) is 0 Å². The van der Waals surface area contributed by atoms with Crippen LogP contribution in [0, 0.1) is 5.82 Å². The molecule has 2 unspecified atom stereocenters. The number of nitrogens with zero attached hydrogens (tertiary/aromatic N) is 4. The molecule has 0 radical (unpaired) electrons. The fraction of sp³-hybridized carbons (Fsp3) is 0.450. The molecule has 5 nitrogen and oxygen atoms in total. The van der Waals surface area contributed by atoms with Crippen LogP contribution in [-0.4, -0.2) is 45.9 Å². The van der Waals surface area contributed by atoms with Gasteiger partial charge >= 0.3 is 0 Å². The quantitative estimate of drug-likeness (QED) is 0.848. The zero-order valence-electron chi connectivity index (χ0n) is 14.5. The van der Waals surface area contributed by atoms with Gasteiger partial charge in [0.25, 0.3) is 0 Å². The summed E-state index contributed by atoms with van der Waals surface area (Å²) in [6.45, 7) is 1.65. The second kappa shape index (κ2) is 6.04. The third-order valence-corrected chi connectivity index (χ3v) is 5.74. The molecule has 1 saturated carbocycles. The number of amides is 1. The zero-order chi connectivity index (χ0) is 17.7. The van der Waals surface area contributed by atoms with Gasteiger partial charge in [-0.05, 0) is 37.0 Å². The van der Waals surface area contributed by atoms with Crippen LogP contribution in [0.1, 0.15) is 36.4 Å². The molecule has 2 aromatic rings. The first-order valence-electron chi connectivity index (χ1n) is 9.30. The summed E-state index contributed by atoms with van der Waals surface area (Å²) in [6.07, 6.45) is 5.53. The number of piperazine rings is 1. The molecule has 3 aliphatic heterocycles. The van der Waals surface area contributed by atoms with Crippen LogP contribution in [0.4, 0.5) is 10.2 Å². The summed E-state index contributed by atoms with van der Waals surface area (Å²) in [7, 11) is 0. The van der Waals surface area contributed by atoms with Crippen LogP contribution in [-0.2, 0) is 11.2 Å². The molecule has 26 heavy (non-hydrogen) atoms. The van der Waals surface area contributed by atoms with E-state index in [2.05, 4.69) is 20.9 Å². The average Bonchev–Trinajstić information content (AvgIpc) is 3.49. The molecule has 4 heterocycles. The maximum atomic E-state index is 13.0. The largest absolute Gasteiger partial charge is 0.352 e. The minimum atomic E-state index is -0.270. The summed E-state index contributed by atoms with van der Waals surface area (Å²) in [5.41, 5.74) is 2.02. The van der Waals surface area contributed by atoms with E-state index in [9.17, 15) is 9.18 Å². The Kier molecular flexibility index (Phi) is 3.65. The van der Waals surface area contributed by atoms with Gasteiger partial charge in [0, 0.05) is 30.8 Å². The molecule has 1 aromatic carbocycles. The molecular weight excluding hydrogens is 331 g/mol. The first-order chi connectivity index (χ1) is 12.7. The van der Waals surface area contributed by atoms with Gasteiger partial charge in [0.05, 0.1) is 18.5 Å². The molecule has 4 aliphatic rings. The molecule has 6 rings (SSSR count). The van der Waals surface area contributed by atoms with Gasteiger partial charge in [-0.15, -0.1) is 0 Å². The van der Waals surface area contributed by atoms with E-state index in [-0.39, 0.29) is 23.8 Å². The minimum absolute atomic E-state index is 0.138. The first kappa shape index (κ1) is 15.7. The predicted molar refractivity (Wildman–Crippen MR) is 95.4 cm³/mol. The van der Waals surface area contributed by atoms with Crippen molar-refractivity contribution < 1.29 is 9.18 Å². The van der Waals surface area contributed by atoms with E-state index in [0.29, 0.717) is 12.3 Å². The van der Waals surface area contributed by atoms with E-state index in [1.165, 1.54) is 25.0 Å². The summed E-state index contributed by atoms with van der Waals surface area (Å²) in [4.78, 5) is 25.8. The minimum Gasteiger partial charge on any atom is -0.352 e. The van der Waals surface area contributed by atoms with Crippen LogP contribution in [0.3, 0.4) is 0 Å². The summed E-state index contributed by atoms with van der Waals surface area (Å²) in [5, 5.41) is 0. The molecule has 4 fully saturated rings. The van der Waals surface area contributed by atoms with Crippen molar-refractivity contribution >= 4 is 11.7 Å². The molecule has 1 aromatic heterocycles. The third kappa shape index (κ3) is 2.83. The number of benzene rings is 1. The van der Waals surface area contributed by atoms with Gasteiger partial charge in [0.1, 0.15) is 18.0 Å². The van der Waals surface area contributed by atoms with Gasteiger partial charge < -0.3 is 9.80 Å². The molecule has 134 valence electrons. The van der Waals surface area contributed by atoms with Gasteiger partial charge in [-0.2, -0.15) is 0 Å². The van der Waals surface area contributed by atoms with Crippen molar-refractivity contribution in [3.05, 3.63) is 53.7 Å². The standard InChI is InChI=1S/C20H21FN4O/c21-15-5-1-13(2-6-15)7-20(26)25-16-8-17(25)11-24(10-16)19-9-18(14-3-4-14)22-12-23-19/h1-2,5-6,9,12,14,16-17H,3-4,7-8,10-11H2. The summed E-state index contributed by atoms with van der Waals surface area (Å²) in [6, 6.07) is 8.82. The fourth-order valence-corrected chi connectivity index (χ4v) is 4.21. The highest BCUT2D eigenvalue weighted by molar-refractivity contribution is 5.81. The molecule has 2 bridgehead atoms. The number of aromatic nitrogens is 2. The SMILES string of the molecule is O=C(Cc1ccc(F)cc1)N1C2CC1CN(c1cc(C3CC3)ncn1)C2. The van der Waals surface area contributed by atoms with Gasteiger partial charge in [-0.3, -0.25) is 4.79 Å². The van der Waals surface area contributed by atoms with Gasteiger partial charge in [-0.1, -0.05) is 12.1 Å². The molecule has 3 saturated heterocycles. The van der Waals surface area contributed by atoms with Crippen LogP contribution in [0.25, 0.3) is 0 Å². The monoisotopic (exact) mass is 352 g/mol. The van der Waals surface area contributed by atoms with Crippen LogP contribution < -0.4 is 4.90 Å². The van der Waals surface area contributed by atoms with Gasteiger partial charge in [-0.25, -0.2) is 14.4 Å². The van der Waals surface area contributed by atoms with Crippen molar-refractivity contribution in [1.82, 2.24) is 14.9 Å². The Morgan fingerprint density at radius 1 is 1.12 bits per heavy atom. The lowest BCUT2D eigenvalue weighted by molar-refractivity contribution is -0.145. The Morgan fingerprint density at radius 3 is 2.54 bits per heavy atom. The highest BCUT2D eigenvalue weighted by atomic mass is 19.1. The lowest BCUT2D eigenvalue weighted by Crippen LogP contribution is -2.70. The lowest BCUT2D eigenvalue weighted by Gasteiger charge is -2.56. The number of halogens is 1. The molecule has 1 amide bonds. The molecule has 2 atom stereocenters. The van der Waals surface area contributed by atoms with Crippen molar-refractivity contribution in [3.8, 4) is 0 Å². The maximum Gasteiger partial charge on any atom is 0.227 e. The molecule has 0 N–H and O–H groups in total. The Balaban J connectivity index is 1.25. The number of anilines is 1. The Labute approximate surface area is 151 Å². The van der Waals surface area contributed by atoms with Crippen LogP contribution in [0.2, 0.25) is 0 Å². The topological polar surface area (TPSA) is 49.3 Å². The first-order valence-corrected chi connectivity index (χ1v) is 9.30. The molecule has 6 heteroatoms. The number of hydrogen-bond donors (Lipinski definition) is 0. The lowest BCUT2D eigenvalue weighted by atomic mass is 9.86.